The molecule has 0 saturated carbocycles. The molecule has 1 aromatic heterocycles. The third-order valence-electron chi connectivity index (χ3n) is 2.09. The van der Waals surface area contributed by atoms with Crippen LogP contribution in [0.5, 0.6) is 0 Å². The van der Waals surface area contributed by atoms with Crippen molar-refractivity contribution in [2.75, 3.05) is 6.54 Å². The van der Waals surface area contributed by atoms with E-state index in [2.05, 4.69) is 10.6 Å². The van der Waals surface area contributed by atoms with Gasteiger partial charge in [-0.1, -0.05) is 0 Å². The predicted molar refractivity (Wildman–Crippen MR) is 69.2 cm³/mol. The lowest BCUT2D eigenvalue weighted by Crippen LogP contribution is -2.42. The van der Waals surface area contributed by atoms with E-state index in [1.54, 1.807) is 6.26 Å². The number of ether oxygens (including phenoxy) is 1. The van der Waals surface area contributed by atoms with Gasteiger partial charge in [-0.05, 0) is 39.8 Å². The molecule has 1 heterocycles. The number of hydrogen-bond donors (Lipinski definition) is 2. The molecule has 0 spiro atoms. The summed E-state index contributed by atoms with van der Waals surface area (Å²) in [6.45, 7) is 8.73. The second kappa shape index (κ2) is 6.44. The number of amides is 1. The molecular weight excluding hydrogens is 232 g/mol. The summed E-state index contributed by atoms with van der Waals surface area (Å²) in [5, 5.41) is 5.95. The smallest absolute Gasteiger partial charge is 0.407 e. The van der Waals surface area contributed by atoms with E-state index in [0.29, 0.717) is 13.1 Å². The Morgan fingerprint density at radius 1 is 1.50 bits per heavy atom. The molecule has 0 bridgehead atoms. The molecule has 5 nitrogen and oxygen atoms in total. The molecular formula is C13H22N2O3. The fourth-order valence-electron chi connectivity index (χ4n) is 1.38. The Morgan fingerprint density at radius 3 is 2.78 bits per heavy atom. The summed E-state index contributed by atoms with van der Waals surface area (Å²) >= 11 is 0. The van der Waals surface area contributed by atoms with Crippen LogP contribution in [0.15, 0.2) is 22.8 Å². The first kappa shape index (κ1) is 14.6. The van der Waals surface area contributed by atoms with Crippen LogP contribution in [0.1, 0.15) is 33.5 Å². The summed E-state index contributed by atoms with van der Waals surface area (Å²) < 4.78 is 10.4. The highest BCUT2D eigenvalue weighted by Gasteiger charge is 2.17. The van der Waals surface area contributed by atoms with Crippen molar-refractivity contribution in [1.82, 2.24) is 10.6 Å². The van der Waals surface area contributed by atoms with Crippen molar-refractivity contribution in [2.24, 2.45) is 0 Å². The van der Waals surface area contributed by atoms with E-state index in [1.807, 2.05) is 39.8 Å². The molecule has 0 radical (unpaired) electrons. The number of hydrogen-bond acceptors (Lipinski definition) is 4. The lowest BCUT2D eigenvalue weighted by atomic mass is 10.2. The van der Waals surface area contributed by atoms with Crippen LogP contribution < -0.4 is 10.6 Å². The molecule has 0 fully saturated rings. The summed E-state index contributed by atoms with van der Waals surface area (Å²) in [4.78, 5) is 11.5. The van der Waals surface area contributed by atoms with Crippen LogP contribution in [-0.4, -0.2) is 24.3 Å². The van der Waals surface area contributed by atoms with Gasteiger partial charge in [0.15, 0.2) is 0 Å². The minimum Gasteiger partial charge on any atom is -0.468 e. The van der Waals surface area contributed by atoms with E-state index < -0.39 is 11.7 Å². The molecule has 2 N–H and O–H groups in total. The number of carbonyl (C=O) groups is 1. The highest BCUT2D eigenvalue weighted by molar-refractivity contribution is 5.68. The van der Waals surface area contributed by atoms with Gasteiger partial charge < -0.3 is 19.8 Å². The first-order valence-electron chi connectivity index (χ1n) is 6.09. The summed E-state index contributed by atoms with van der Waals surface area (Å²) in [6, 6.07) is 3.74. The van der Waals surface area contributed by atoms with E-state index >= 15 is 0 Å². The van der Waals surface area contributed by atoms with Crippen molar-refractivity contribution < 1.29 is 13.9 Å². The highest BCUT2D eigenvalue weighted by Crippen LogP contribution is 2.06. The van der Waals surface area contributed by atoms with Crippen molar-refractivity contribution in [3.8, 4) is 0 Å². The minimum absolute atomic E-state index is 0.00480. The number of rotatable bonds is 5. The molecule has 1 atom stereocenters. The van der Waals surface area contributed by atoms with E-state index in [4.69, 9.17) is 9.15 Å². The molecule has 102 valence electrons. The maximum absolute atomic E-state index is 11.5. The van der Waals surface area contributed by atoms with Gasteiger partial charge in [0.1, 0.15) is 11.4 Å². The monoisotopic (exact) mass is 254 g/mol. The third kappa shape index (κ3) is 6.30. The zero-order valence-corrected chi connectivity index (χ0v) is 11.4. The zero-order chi connectivity index (χ0) is 13.6. The Hall–Kier alpha value is -1.49. The van der Waals surface area contributed by atoms with Gasteiger partial charge in [0.2, 0.25) is 0 Å². The Balaban J connectivity index is 2.17. The van der Waals surface area contributed by atoms with Crippen molar-refractivity contribution in [3.05, 3.63) is 24.2 Å². The molecule has 0 aliphatic rings. The molecule has 0 saturated heterocycles. The Bertz CT molecular complexity index is 355. The van der Waals surface area contributed by atoms with Crippen molar-refractivity contribution in [1.29, 1.82) is 0 Å². The largest absolute Gasteiger partial charge is 0.468 e. The number of nitrogens with one attached hydrogen (secondary N) is 2. The third-order valence-corrected chi connectivity index (χ3v) is 2.09. The molecule has 1 aromatic rings. The topological polar surface area (TPSA) is 63.5 Å². The van der Waals surface area contributed by atoms with Crippen LogP contribution in [0, 0.1) is 0 Å². The van der Waals surface area contributed by atoms with Crippen molar-refractivity contribution >= 4 is 6.09 Å². The van der Waals surface area contributed by atoms with Crippen LogP contribution in [0.25, 0.3) is 0 Å². The predicted octanol–water partition coefficient (Wildman–Crippen LogP) is 2.28. The average Bonchev–Trinajstić information content (AvgIpc) is 2.66. The zero-order valence-electron chi connectivity index (χ0n) is 11.4. The van der Waals surface area contributed by atoms with Gasteiger partial charge in [0.25, 0.3) is 0 Å². The Morgan fingerprint density at radius 2 is 2.22 bits per heavy atom. The van der Waals surface area contributed by atoms with Gasteiger partial charge in [-0.15, -0.1) is 0 Å². The van der Waals surface area contributed by atoms with Gasteiger partial charge >= 0.3 is 6.09 Å². The van der Waals surface area contributed by atoms with Gasteiger partial charge in [-0.2, -0.15) is 0 Å². The van der Waals surface area contributed by atoms with Crippen molar-refractivity contribution in [2.45, 2.75) is 45.9 Å². The maximum atomic E-state index is 11.5. The Kier molecular flexibility index (Phi) is 5.22. The summed E-state index contributed by atoms with van der Waals surface area (Å²) in [7, 11) is 0. The van der Waals surface area contributed by atoms with Crippen LogP contribution in [0.2, 0.25) is 0 Å². The number of alkyl carbamates (subject to hydrolysis) is 1. The molecule has 0 aliphatic heterocycles. The van der Waals surface area contributed by atoms with E-state index in [0.717, 1.165) is 5.76 Å². The number of carbonyl (C=O) groups excluding carboxylic acids is 1. The quantitative estimate of drug-likeness (QED) is 0.846. The summed E-state index contributed by atoms with van der Waals surface area (Å²) in [6.07, 6.45) is 1.24. The molecule has 1 unspecified atom stereocenters. The molecule has 5 heteroatoms. The summed E-state index contributed by atoms with van der Waals surface area (Å²) in [5.41, 5.74) is -0.467. The number of furan rings is 1. The molecule has 0 aliphatic carbocycles. The first-order valence-corrected chi connectivity index (χ1v) is 6.09. The molecule has 0 aromatic carbocycles. The normalized spacial score (nSPS) is 13.1. The highest BCUT2D eigenvalue weighted by atomic mass is 16.6. The van der Waals surface area contributed by atoms with Crippen LogP contribution in [-0.2, 0) is 11.3 Å². The maximum Gasteiger partial charge on any atom is 0.407 e. The van der Waals surface area contributed by atoms with Crippen LogP contribution >= 0.6 is 0 Å². The lowest BCUT2D eigenvalue weighted by Gasteiger charge is -2.22. The Labute approximate surface area is 108 Å². The SMILES string of the molecule is CC(CNCc1ccco1)NC(=O)OC(C)(C)C. The molecule has 1 amide bonds. The van der Waals surface area contributed by atoms with E-state index in [9.17, 15) is 4.79 Å². The van der Waals surface area contributed by atoms with E-state index in [-0.39, 0.29) is 6.04 Å². The fourth-order valence-corrected chi connectivity index (χ4v) is 1.38. The van der Waals surface area contributed by atoms with Crippen LogP contribution in [0.4, 0.5) is 4.79 Å². The first-order chi connectivity index (χ1) is 8.37. The second-order valence-corrected chi connectivity index (χ2v) is 5.26. The van der Waals surface area contributed by atoms with Gasteiger partial charge in [-0.25, -0.2) is 4.79 Å². The average molecular weight is 254 g/mol. The fraction of sp³-hybridized carbons (Fsp3) is 0.615. The van der Waals surface area contributed by atoms with Gasteiger partial charge in [0.05, 0.1) is 12.8 Å². The van der Waals surface area contributed by atoms with Crippen molar-refractivity contribution in [3.63, 3.8) is 0 Å². The lowest BCUT2D eigenvalue weighted by molar-refractivity contribution is 0.0508. The minimum atomic E-state index is -0.467. The van der Waals surface area contributed by atoms with E-state index in [1.165, 1.54) is 0 Å². The molecule has 18 heavy (non-hydrogen) atoms. The van der Waals surface area contributed by atoms with Gasteiger partial charge in [-0.3, -0.25) is 0 Å². The molecule has 1 rings (SSSR count). The van der Waals surface area contributed by atoms with Gasteiger partial charge in [0, 0.05) is 12.6 Å². The standard InChI is InChI=1S/C13H22N2O3/c1-10(15-12(16)18-13(2,3)4)8-14-9-11-6-5-7-17-11/h5-7,10,14H,8-9H2,1-4H3,(H,15,16). The van der Waals surface area contributed by atoms with Crippen LogP contribution in [0.3, 0.4) is 0 Å². The second-order valence-electron chi connectivity index (χ2n) is 5.26. The summed E-state index contributed by atoms with van der Waals surface area (Å²) in [5.74, 6) is 0.875.